The number of nitrogens with one attached hydrogen (secondary N) is 2. The molecule has 0 radical (unpaired) electrons. The Morgan fingerprint density at radius 2 is 1.74 bits per heavy atom. The summed E-state index contributed by atoms with van der Waals surface area (Å²) in [7, 11) is 0.500. The molecule has 3 amide bonds. The summed E-state index contributed by atoms with van der Waals surface area (Å²) < 4.78 is 23.7. The van der Waals surface area contributed by atoms with Crippen molar-refractivity contribution in [3.05, 3.63) is 64.7 Å². The van der Waals surface area contributed by atoms with Crippen LogP contribution < -0.4 is 16.4 Å². The number of alkyl halides is 2. The smallest absolute Gasteiger partial charge is 0.253 e. The van der Waals surface area contributed by atoms with Gasteiger partial charge >= 0.3 is 0 Å². The molecule has 4 unspecified atom stereocenters. The third kappa shape index (κ3) is 13.4. The molecular formula is C31H48F2N4O5. The standard InChI is InChI=1S/C25H34FN3O4.C5H11NO.CH3F/c1-5-29(14-20(26)17(4)27)25(33)23(31)21(13-18-9-7-6-8-10-18)28-24(32)19-11-15(2)12-22(30)16(19)3;1-2-3-4-6-5-7;1-2/h6-12,17,20-21,23,30-31H,5,13-14,27H2,1-4H3,(H,28,32);5H,2-4H2,1H3,(H,6,7);1H3. The van der Waals surface area contributed by atoms with Crippen molar-refractivity contribution in [1.82, 2.24) is 15.5 Å². The van der Waals surface area contributed by atoms with Gasteiger partial charge in [0.2, 0.25) is 6.41 Å². The number of hydrogen-bond acceptors (Lipinski definition) is 6. The molecule has 42 heavy (non-hydrogen) atoms. The van der Waals surface area contributed by atoms with Gasteiger partial charge in [-0.05, 0) is 63.8 Å². The number of hydrogen-bond donors (Lipinski definition) is 5. The predicted molar refractivity (Wildman–Crippen MR) is 162 cm³/mol. The number of nitrogens with zero attached hydrogens (tertiary/aromatic N) is 1. The van der Waals surface area contributed by atoms with Crippen molar-refractivity contribution in [2.45, 2.75) is 78.2 Å². The zero-order chi connectivity index (χ0) is 32.2. The molecule has 2 rings (SSSR count). The highest BCUT2D eigenvalue weighted by Crippen LogP contribution is 2.23. The van der Waals surface area contributed by atoms with Crippen molar-refractivity contribution in [3.63, 3.8) is 0 Å². The second-order valence-corrected chi connectivity index (χ2v) is 9.85. The van der Waals surface area contributed by atoms with Crippen LogP contribution in [0, 0.1) is 13.8 Å². The summed E-state index contributed by atoms with van der Waals surface area (Å²) in [5.41, 5.74) is 7.74. The number of carbonyl (C=O) groups excluding carboxylic acids is 3. The molecule has 0 bridgehead atoms. The quantitative estimate of drug-likeness (QED) is 0.168. The minimum absolute atomic E-state index is 0.0153. The Morgan fingerprint density at radius 1 is 1.12 bits per heavy atom. The van der Waals surface area contributed by atoms with E-state index in [4.69, 9.17) is 5.73 Å². The minimum atomic E-state index is -1.60. The summed E-state index contributed by atoms with van der Waals surface area (Å²) >= 11 is 0. The van der Waals surface area contributed by atoms with Gasteiger partial charge in [-0.2, -0.15) is 0 Å². The molecule has 2 aromatic carbocycles. The average molecular weight is 595 g/mol. The van der Waals surface area contributed by atoms with Gasteiger partial charge in [0.25, 0.3) is 11.8 Å². The van der Waals surface area contributed by atoms with Gasteiger partial charge in [-0.15, -0.1) is 0 Å². The van der Waals surface area contributed by atoms with Crippen LogP contribution in [0.15, 0.2) is 42.5 Å². The van der Waals surface area contributed by atoms with Crippen molar-refractivity contribution in [1.29, 1.82) is 0 Å². The van der Waals surface area contributed by atoms with Gasteiger partial charge in [0.1, 0.15) is 11.9 Å². The van der Waals surface area contributed by atoms with Crippen LogP contribution in [0.25, 0.3) is 0 Å². The Labute approximate surface area is 248 Å². The molecule has 0 aliphatic rings. The lowest BCUT2D eigenvalue weighted by Crippen LogP contribution is -2.54. The van der Waals surface area contributed by atoms with E-state index in [1.807, 2.05) is 30.3 Å². The molecule has 0 aliphatic carbocycles. The number of unbranched alkanes of at least 4 members (excludes halogenated alkanes) is 1. The van der Waals surface area contributed by atoms with E-state index in [2.05, 4.69) is 17.6 Å². The Hall–Kier alpha value is -3.57. The lowest BCUT2D eigenvalue weighted by atomic mass is 9.98. The van der Waals surface area contributed by atoms with E-state index in [1.54, 1.807) is 32.9 Å². The largest absolute Gasteiger partial charge is 0.508 e. The van der Waals surface area contributed by atoms with Gasteiger partial charge in [0.05, 0.1) is 19.8 Å². The molecule has 0 aliphatic heterocycles. The van der Waals surface area contributed by atoms with Crippen LogP contribution in [0.5, 0.6) is 5.75 Å². The molecule has 6 N–H and O–H groups in total. The maximum Gasteiger partial charge on any atom is 0.253 e. The van der Waals surface area contributed by atoms with Gasteiger partial charge in [-0.25, -0.2) is 4.39 Å². The first-order valence-corrected chi connectivity index (χ1v) is 14.0. The van der Waals surface area contributed by atoms with Crippen molar-refractivity contribution in [3.8, 4) is 5.75 Å². The van der Waals surface area contributed by atoms with E-state index in [0.29, 0.717) is 18.3 Å². The minimum Gasteiger partial charge on any atom is -0.508 e. The highest BCUT2D eigenvalue weighted by molar-refractivity contribution is 5.97. The molecule has 2 aromatic rings. The van der Waals surface area contributed by atoms with E-state index in [0.717, 1.165) is 31.4 Å². The molecule has 0 spiro atoms. The predicted octanol–water partition coefficient (Wildman–Crippen LogP) is 3.36. The fourth-order valence-electron chi connectivity index (χ4n) is 3.88. The number of nitrogens with two attached hydrogens (primary N) is 1. The molecule has 0 saturated heterocycles. The van der Waals surface area contributed by atoms with Gasteiger partial charge in [0.15, 0.2) is 6.10 Å². The lowest BCUT2D eigenvalue weighted by molar-refractivity contribution is -0.142. The van der Waals surface area contributed by atoms with E-state index in [1.165, 1.54) is 11.8 Å². The Bertz CT molecular complexity index is 1070. The fraction of sp³-hybridized carbons (Fsp3) is 0.516. The molecule has 236 valence electrons. The zero-order valence-electron chi connectivity index (χ0n) is 25.6. The summed E-state index contributed by atoms with van der Waals surface area (Å²) in [5, 5.41) is 26.4. The Kier molecular flexibility index (Phi) is 19.4. The highest BCUT2D eigenvalue weighted by atomic mass is 19.1. The second-order valence-electron chi connectivity index (χ2n) is 9.85. The third-order valence-corrected chi connectivity index (χ3v) is 6.44. The number of benzene rings is 2. The van der Waals surface area contributed by atoms with Crippen molar-refractivity contribution in [2.24, 2.45) is 5.73 Å². The molecule has 11 heteroatoms. The number of phenols is 1. The van der Waals surface area contributed by atoms with Crippen LogP contribution in [0.4, 0.5) is 8.78 Å². The number of aryl methyl sites for hydroxylation is 1. The van der Waals surface area contributed by atoms with Gasteiger partial charge in [0, 0.05) is 30.3 Å². The topological polar surface area (TPSA) is 145 Å². The normalized spacial score (nSPS) is 13.1. The van der Waals surface area contributed by atoms with E-state index >= 15 is 0 Å². The summed E-state index contributed by atoms with van der Waals surface area (Å²) in [4.78, 5) is 36.9. The van der Waals surface area contributed by atoms with Gasteiger partial charge in [-0.3, -0.25) is 18.8 Å². The summed E-state index contributed by atoms with van der Waals surface area (Å²) in [6.45, 7) is 9.40. The number of phenolic OH excluding ortho intramolecular Hbond substituents is 1. The molecule has 0 fully saturated rings. The summed E-state index contributed by atoms with van der Waals surface area (Å²) in [5.74, 6) is -1.23. The highest BCUT2D eigenvalue weighted by Gasteiger charge is 2.33. The number of aliphatic hydroxyl groups excluding tert-OH is 1. The van der Waals surface area contributed by atoms with E-state index in [-0.39, 0.29) is 30.8 Å². The monoisotopic (exact) mass is 594 g/mol. The molecule has 0 aromatic heterocycles. The van der Waals surface area contributed by atoms with Crippen LogP contribution in [0.1, 0.15) is 60.7 Å². The average Bonchev–Trinajstić information content (AvgIpc) is 2.98. The molecule has 0 saturated carbocycles. The van der Waals surface area contributed by atoms with Crippen molar-refractivity contribution in [2.75, 3.05) is 26.8 Å². The maximum absolute atomic E-state index is 14.2. The van der Waals surface area contributed by atoms with Crippen LogP contribution in [0.2, 0.25) is 0 Å². The number of aromatic hydroxyl groups is 1. The SMILES string of the molecule is CCCCNC=O.CCN(CC(F)C(C)N)C(=O)C(O)C(Cc1ccccc1)NC(=O)c1cc(C)cc(O)c1C.CF. The van der Waals surface area contributed by atoms with Crippen molar-refractivity contribution >= 4 is 18.2 Å². The number of likely N-dealkylation sites (N-methyl/N-ethyl adjacent to an activating group) is 1. The number of amides is 3. The molecular weight excluding hydrogens is 546 g/mol. The second kappa shape index (κ2) is 21.2. The van der Waals surface area contributed by atoms with Crippen LogP contribution in [-0.4, -0.2) is 84.5 Å². The molecule has 4 atom stereocenters. The van der Waals surface area contributed by atoms with Crippen LogP contribution in [-0.2, 0) is 16.0 Å². The fourth-order valence-corrected chi connectivity index (χ4v) is 3.88. The van der Waals surface area contributed by atoms with Crippen LogP contribution >= 0.6 is 0 Å². The maximum atomic E-state index is 14.2. The lowest BCUT2D eigenvalue weighted by Gasteiger charge is -2.30. The number of rotatable bonds is 14. The summed E-state index contributed by atoms with van der Waals surface area (Å²) in [6.07, 6.45) is 0.0874. The Balaban J connectivity index is 0.00000163. The van der Waals surface area contributed by atoms with E-state index < -0.39 is 36.2 Å². The van der Waals surface area contributed by atoms with Gasteiger partial charge in [-0.1, -0.05) is 43.7 Å². The third-order valence-electron chi connectivity index (χ3n) is 6.44. The number of aliphatic hydroxyl groups is 1. The first kappa shape index (κ1) is 38.4. The number of carbonyl (C=O) groups is 3. The first-order chi connectivity index (χ1) is 20.0. The first-order valence-electron chi connectivity index (χ1n) is 14.0. The molecule has 0 heterocycles. The van der Waals surface area contributed by atoms with Crippen molar-refractivity contribution < 1.29 is 33.4 Å². The van der Waals surface area contributed by atoms with Crippen LogP contribution in [0.3, 0.4) is 0 Å². The van der Waals surface area contributed by atoms with Gasteiger partial charge < -0.3 is 31.5 Å². The van der Waals surface area contributed by atoms with E-state index in [9.17, 15) is 33.4 Å². The Morgan fingerprint density at radius 3 is 2.26 bits per heavy atom. The molecule has 9 nitrogen and oxygen atoms in total. The summed E-state index contributed by atoms with van der Waals surface area (Å²) in [6, 6.07) is 10.6. The zero-order valence-corrected chi connectivity index (χ0v) is 25.6. The number of halogens is 2.